The van der Waals surface area contributed by atoms with Crippen molar-refractivity contribution in [1.29, 1.82) is 0 Å². The fourth-order valence-electron chi connectivity index (χ4n) is 2.65. The molecule has 1 unspecified atom stereocenters. The lowest BCUT2D eigenvalue weighted by molar-refractivity contribution is 0.159. The van der Waals surface area contributed by atoms with E-state index in [1.165, 1.54) is 38.6 Å². The molecule has 1 heteroatoms. The maximum Gasteiger partial charge on any atom is 0.00967 e. The summed E-state index contributed by atoms with van der Waals surface area (Å²) in [7, 11) is 0. The summed E-state index contributed by atoms with van der Waals surface area (Å²) in [5.41, 5.74) is 0.777. The molecule has 0 radical (unpaired) electrons. The molecule has 1 fully saturated rings. The molecule has 1 nitrogen and oxygen atoms in total. The van der Waals surface area contributed by atoms with Gasteiger partial charge in [-0.15, -0.1) is 0 Å². The lowest BCUT2D eigenvalue weighted by atomic mass is 9.73. The van der Waals surface area contributed by atoms with Crippen LogP contribution in [-0.2, 0) is 0 Å². The Morgan fingerprint density at radius 2 is 1.60 bits per heavy atom. The van der Waals surface area contributed by atoms with E-state index in [9.17, 15) is 0 Å². The van der Waals surface area contributed by atoms with Crippen molar-refractivity contribution >= 4 is 0 Å². The second-order valence-corrected chi connectivity index (χ2v) is 6.59. The highest BCUT2D eigenvalue weighted by molar-refractivity contribution is 4.88. The first-order chi connectivity index (χ1) is 6.87. The molecule has 1 N–H and O–H groups in total. The summed E-state index contributed by atoms with van der Waals surface area (Å²) in [4.78, 5) is 0. The largest absolute Gasteiger partial charge is 0.312 e. The Morgan fingerprint density at radius 1 is 1.07 bits per heavy atom. The molecular weight excluding hydrogens is 182 g/mol. The second kappa shape index (κ2) is 4.86. The van der Waals surface area contributed by atoms with Crippen molar-refractivity contribution in [2.24, 2.45) is 11.3 Å². The molecule has 0 saturated heterocycles. The average molecular weight is 211 g/mol. The molecule has 0 bridgehead atoms. The number of rotatable bonds is 4. The van der Waals surface area contributed by atoms with Gasteiger partial charge < -0.3 is 5.32 Å². The van der Waals surface area contributed by atoms with Crippen LogP contribution in [0.4, 0.5) is 0 Å². The standard InChI is InChI=1S/C14H29N/c1-6-14(5,11-15-13(2,3)4)12-9-7-8-10-12/h12,15H,6-11H2,1-5H3. The molecular formula is C14H29N. The zero-order valence-electron chi connectivity index (χ0n) is 11.3. The van der Waals surface area contributed by atoms with Crippen LogP contribution in [0, 0.1) is 11.3 Å². The van der Waals surface area contributed by atoms with Crippen LogP contribution in [0.5, 0.6) is 0 Å². The van der Waals surface area contributed by atoms with Crippen LogP contribution < -0.4 is 5.32 Å². The van der Waals surface area contributed by atoms with Gasteiger partial charge in [0.05, 0.1) is 0 Å². The van der Waals surface area contributed by atoms with Gasteiger partial charge in [0.1, 0.15) is 0 Å². The monoisotopic (exact) mass is 211 g/mol. The van der Waals surface area contributed by atoms with Gasteiger partial charge in [-0.3, -0.25) is 0 Å². The van der Waals surface area contributed by atoms with Crippen LogP contribution in [0.1, 0.15) is 66.7 Å². The summed E-state index contributed by atoms with van der Waals surface area (Å²) in [5, 5.41) is 3.69. The smallest absolute Gasteiger partial charge is 0.00967 e. The minimum absolute atomic E-state index is 0.259. The zero-order chi connectivity index (χ0) is 11.5. The molecule has 0 aliphatic heterocycles. The van der Waals surface area contributed by atoms with Crippen molar-refractivity contribution in [3.8, 4) is 0 Å². The van der Waals surface area contributed by atoms with Crippen molar-refractivity contribution in [3.63, 3.8) is 0 Å². The lowest BCUT2D eigenvalue weighted by Crippen LogP contribution is -2.45. The van der Waals surface area contributed by atoms with Gasteiger partial charge in [-0.05, 0) is 51.4 Å². The van der Waals surface area contributed by atoms with Crippen LogP contribution in [0.2, 0.25) is 0 Å². The molecule has 1 aliphatic rings. The Labute approximate surface area is 96.0 Å². The Kier molecular flexibility index (Phi) is 4.22. The van der Waals surface area contributed by atoms with Gasteiger partial charge in [-0.2, -0.15) is 0 Å². The molecule has 0 aromatic carbocycles. The van der Waals surface area contributed by atoms with Crippen LogP contribution in [0.3, 0.4) is 0 Å². The van der Waals surface area contributed by atoms with Crippen LogP contribution in [-0.4, -0.2) is 12.1 Å². The molecule has 0 amide bonds. The summed E-state index contributed by atoms with van der Waals surface area (Å²) in [6.45, 7) is 12.8. The van der Waals surface area contributed by atoms with Crippen molar-refractivity contribution < 1.29 is 0 Å². The molecule has 0 spiro atoms. The summed E-state index contributed by atoms with van der Waals surface area (Å²) in [6, 6.07) is 0. The third-order valence-electron chi connectivity index (χ3n) is 4.17. The van der Waals surface area contributed by atoms with Crippen molar-refractivity contribution in [2.45, 2.75) is 72.3 Å². The zero-order valence-corrected chi connectivity index (χ0v) is 11.3. The van der Waals surface area contributed by atoms with E-state index in [1.807, 2.05) is 0 Å². The summed E-state index contributed by atoms with van der Waals surface area (Å²) >= 11 is 0. The van der Waals surface area contributed by atoms with E-state index < -0.39 is 0 Å². The van der Waals surface area contributed by atoms with E-state index in [0.717, 1.165) is 5.92 Å². The summed E-state index contributed by atoms with van der Waals surface area (Å²) in [5.74, 6) is 0.956. The van der Waals surface area contributed by atoms with Crippen LogP contribution in [0.15, 0.2) is 0 Å². The maximum atomic E-state index is 3.69. The second-order valence-electron chi connectivity index (χ2n) is 6.59. The Morgan fingerprint density at radius 3 is 2.00 bits per heavy atom. The quantitative estimate of drug-likeness (QED) is 0.741. The molecule has 15 heavy (non-hydrogen) atoms. The Balaban J connectivity index is 2.51. The molecule has 1 rings (SSSR count). The van der Waals surface area contributed by atoms with E-state index in [-0.39, 0.29) is 5.54 Å². The fourth-order valence-corrected chi connectivity index (χ4v) is 2.65. The molecule has 1 saturated carbocycles. The Hall–Kier alpha value is -0.0400. The first-order valence-corrected chi connectivity index (χ1v) is 6.62. The van der Waals surface area contributed by atoms with Gasteiger partial charge in [0.25, 0.3) is 0 Å². The molecule has 1 aliphatic carbocycles. The highest BCUT2D eigenvalue weighted by Crippen LogP contribution is 2.41. The van der Waals surface area contributed by atoms with Crippen LogP contribution >= 0.6 is 0 Å². The first-order valence-electron chi connectivity index (χ1n) is 6.62. The van der Waals surface area contributed by atoms with Gasteiger partial charge in [0, 0.05) is 12.1 Å². The molecule has 90 valence electrons. The van der Waals surface area contributed by atoms with Crippen LogP contribution in [0.25, 0.3) is 0 Å². The predicted molar refractivity (Wildman–Crippen MR) is 68.1 cm³/mol. The normalized spacial score (nSPS) is 23.0. The van der Waals surface area contributed by atoms with Gasteiger partial charge in [0.2, 0.25) is 0 Å². The van der Waals surface area contributed by atoms with E-state index >= 15 is 0 Å². The minimum Gasteiger partial charge on any atom is -0.312 e. The van der Waals surface area contributed by atoms with Gasteiger partial charge in [-0.1, -0.05) is 26.7 Å². The van der Waals surface area contributed by atoms with Gasteiger partial charge in [-0.25, -0.2) is 0 Å². The average Bonchev–Trinajstić information content (AvgIpc) is 2.66. The molecule has 0 heterocycles. The van der Waals surface area contributed by atoms with Crippen molar-refractivity contribution in [1.82, 2.24) is 5.32 Å². The lowest BCUT2D eigenvalue weighted by Gasteiger charge is -2.38. The maximum absolute atomic E-state index is 3.69. The number of hydrogen-bond donors (Lipinski definition) is 1. The SMILES string of the molecule is CCC(C)(CNC(C)(C)C)C1CCCC1. The van der Waals surface area contributed by atoms with E-state index in [0.29, 0.717) is 5.41 Å². The number of hydrogen-bond acceptors (Lipinski definition) is 1. The molecule has 0 aromatic heterocycles. The molecule has 0 aromatic rings. The molecule has 1 atom stereocenters. The van der Waals surface area contributed by atoms with E-state index in [2.05, 4.69) is 39.9 Å². The van der Waals surface area contributed by atoms with Crippen molar-refractivity contribution in [3.05, 3.63) is 0 Å². The summed E-state index contributed by atoms with van der Waals surface area (Å²) in [6.07, 6.45) is 7.12. The van der Waals surface area contributed by atoms with E-state index in [4.69, 9.17) is 0 Å². The minimum atomic E-state index is 0.259. The highest BCUT2D eigenvalue weighted by atomic mass is 15.0. The Bertz CT molecular complexity index is 186. The highest BCUT2D eigenvalue weighted by Gasteiger charge is 2.34. The first kappa shape index (κ1) is 13.0. The van der Waals surface area contributed by atoms with Gasteiger partial charge >= 0.3 is 0 Å². The van der Waals surface area contributed by atoms with Gasteiger partial charge in [0.15, 0.2) is 0 Å². The van der Waals surface area contributed by atoms with E-state index in [1.54, 1.807) is 0 Å². The number of nitrogens with one attached hydrogen (secondary N) is 1. The summed E-state index contributed by atoms with van der Waals surface area (Å²) < 4.78 is 0. The predicted octanol–water partition coefficient (Wildman–Crippen LogP) is 3.98. The third kappa shape index (κ3) is 3.79. The van der Waals surface area contributed by atoms with Crippen molar-refractivity contribution in [2.75, 3.05) is 6.54 Å². The third-order valence-corrected chi connectivity index (χ3v) is 4.17. The fraction of sp³-hybridized carbons (Fsp3) is 1.00. The topological polar surface area (TPSA) is 12.0 Å².